The van der Waals surface area contributed by atoms with Crippen LogP contribution in [-0.4, -0.2) is 36.1 Å². The molecule has 2 saturated heterocycles. The van der Waals surface area contributed by atoms with E-state index in [2.05, 4.69) is 13.8 Å². The molecule has 49 heavy (non-hydrogen) atoms. The summed E-state index contributed by atoms with van der Waals surface area (Å²) in [6.45, 7) is 6.92. The molecule has 9 aliphatic rings. The Morgan fingerprint density at radius 1 is 0.776 bits per heavy atom. The first kappa shape index (κ1) is 41.5. The number of carbonyl (C=O) groups is 4. The maximum atomic E-state index is 14.3. The van der Waals surface area contributed by atoms with Crippen LogP contribution in [0.2, 0.25) is 0 Å². The van der Waals surface area contributed by atoms with Crippen molar-refractivity contribution in [2.75, 3.05) is 6.61 Å². The smallest absolute Gasteiger partial charge is 0.317 e. The summed E-state index contributed by atoms with van der Waals surface area (Å²) in [5.74, 6) is 2.66. The zero-order valence-electron chi connectivity index (χ0n) is 26.0. The molecule has 17 atom stereocenters. The minimum atomic E-state index is -0.511. The van der Waals surface area contributed by atoms with Crippen molar-refractivity contribution in [2.24, 2.45) is 94.2 Å². The van der Waals surface area contributed by atoms with E-state index >= 15 is 0 Å². The van der Waals surface area contributed by atoms with Crippen LogP contribution in [0, 0.1) is 94.2 Å². The minimum Gasteiger partial charge on any atom is -0.465 e. The first-order valence-corrected chi connectivity index (χ1v) is 17.8. The number of esters is 4. The summed E-state index contributed by atoms with van der Waals surface area (Å²) < 4.78 is 17.6. The second-order valence-electron chi connectivity index (χ2n) is 16.9. The van der Waals surface area contributed by atoms with Gasteiger partial charge in [-0.25, -0.2) is 0 Å². The molecule has 7 heteroatoms. The van der Waals surface area contributed by atoms with Crippen LogP contribution in [0.4, 0.5) is 0 Å². The number of ether oxygens (including phenoxy) is 3. The monoisotopic (exact) mass is 689 g/mol. The maximum absolute atomic E-state index is 14.3. The molecule has 0 amide bonds. The summed E-state index contributed by atoms with van der Waals surface area (Å²) in [6, 6.07) is 0. The standard InChI is InChI=1S/C36H48O7.6CH4/c1-4-36(15-20-13-25(36)22-7-5-6-21(20)22)43-32(38)24-11-18-10-23(24)30(28-17(3)31(37)42-33(28)39)29(18)27-16(2)19-12-26(27)35(14-19)8-9-41-34(35)40;;;;;;/h16-30H,4-15H2,1-3H3;6*1H4. The van der Waals surface area contributed by atoms with Crippen molar-refractivity contribution < 1.29 is 33.4 Å². The molecule has 6 bridgehead atoms. The fourth-order valence-corrected chi connectivity index (χ4v) is 14.6. The molecule has 7 aliphatic carbocycles. The highest BCUT2D eigenvalue weighted by Gasteiger charge is 2.71. The van der Waals surface area contributed by atoms with Crippen LogP contribution in [-0.2, 0) is 33.4 Å². The van der Waals surface area contributed by atoms with Crippen LogP contribution in [0.3, 0.4) is 0 Å². The average molecular weight is 689 g/mol. The van der Waals surface area contributed by atoms with Gasteiger partial charge in [0.1, 0.15) is 5.60 Å². The molecule has 1 spiro atoms. The molecule has 0 N–H and O–H groups in total. The van der Waals surface area contributed by atoms with E-state index in [0.29, 0.717) is 42.1 Å². The van der Waals surface area contributed by atoms with E-state index in [-0.39, 0.29) is 97.1 Å². The Morgan fingerprint density at radius 2 is 1.47 bits per heavy atom. The van der Waals surface area contributed by atoms with Crippen molar-refractivity contribution >= 4 is 23.9 Å². The Kier molecular flexibility index (Phi) is 11.8. The molecule has 282 valence electrons. The summed E-state index contributed by atoms with van der Waals surface area (Å²) in [5.41, 5.74) is -0.703. The average Bonchev–Trinajstić information content (AvgIpc) is 3.83. The first-order chi connectivity index (χ1) is 20.7. The van der Waals surface area contributed by atoms with E-state index in [0.717, 1.165) is 56.8 Å². The summed E-state index contributed by atoms with van der Waals surface area (Å²) in [7, 11) is 0. The third-order valence-corrected chi connectivity index (χ3v) is 16.1. The van der Waals surface area contributed by atoms with Crippen LogP contribution in [0.15, 0.2) is 0 Å². The van der Waals surface area contributed by atoms with Gasteiger partial charge in [0, 0.05) is 5.92 Å². The number of rotatable bonds is 5. The van der Waals surface area contributed by atoms with E-state index in [1.165, 1.54) is 25.7 Å². The van der Waals surface area contributed by atoms with E-state index in [1.54, 1.807) is 0 Å². The molecule has 0 aromatic rings. The summed E-state index contributed by atoms with van der Waals surface area (Å²) in [6.07, 6.45) is 11.6. The SMILES string of the molecule is C.C.C.C.C.C.CCC1(OC(=O)C2CC3CC2C(C2C(=O)OC(=O)C2C)C3C2C(C)C3CC2C2(CCOC2=O)C3)CC2CC1C1CCCC21. The molecule has 7 nitrogen and oxygen atoms in total. The Morgan fingerprint density at radius 3 is 2.08 bits per heavy atom. The topological polar surface area (TPSA) is 96.0 Å². The first-order valence-electron chi connectivity index (χ1n) is 17.8. The quantitative estimate of drug-likeness (QED) is 0.161. The largest absolute Gasteiger partial charge is 0.465 e. The number of hydrogen-bond acceptors (Lipinski definition) is 7. The maximum Gasteiger partial charge on any atom is 0.317 e. The van der Waals surface area contributed by atoms with Gasteiger partial charge in [-0.3, -0.25) is 19.2 Å². The molecular formula is C42H72O7. The van der Waals surface area contributed by atoms with Crippen molar-refractivity contribution in [3.63, 3.8) is 0 Å². The van der Waals surface area contributed by atoms with Gasteiger partial charge in [-0.05, 0) is 129 Å². The molecule has 0 aromatic heterocycles. The Hall–Kier alpha value is -1.92. The van der Waals surface area contributed by atoms with Crippen molar-refractivity contribution in [1.29, 1.82) is 0 Å². The fraction of sp³-hybridized carbons (Fsp3) is 0.905. The Labute approximate surface area is 299 Å². The lowest BCUT2D eigenvalue weighted by molar-refractivity contribution is -0.180. The second kappa shape index (κ2) is 13.9. The lowest BCUT2D eigenvalue weighted by Gasteiger charge is -2.49. The lowest BCUT2D eigenvalue weighted by Crippen LogP contribution is -2.50. The van der Waals surface area contributed by atoms with Gasteiger partial charge in [0.05, 0.1) is 29.8 Å². The van der Waals surface area contributed by atoms with Crippen LogP contribution in [0.25, 0.3) is 0 Å². The molecule has 9 fully saturated rings. The van der Waals surface area contributed by atoms with Gasteiger partial charge in [-0.2, -0.15) is 0 Å². The predicted octanol–water partition coefficient (Wildman–Crippen LogP) is 9.40. The van der Waals surface area contributed by atoms with Gasteiger partial charge in [0.15, 0.2) is 0 Å². The number of cyclic esters (lactones) is 3. The minimum absolute atomic E-state index is 0. The van der Waals surface area contributed by atoms with Gasteiger partial charge >= 0.3 is 23.9 Å². The highest BCUT2D eigenvalue weighted by molar-refractivity contribution is 5.96. The lowest BCUT2D eigenvalue weighted by atomic mass is 9.54. The van der Waals surface area contributed by atoms with E-state index in [1.807, 2.05) is 6.92 Å². The van der Waals surface area contributed by atoms with Crippen molar-refractivity contribution in [3.05, 3.63) is 0 Å². The Bertz CT molecular complexity index is 1280. The van der Waals surface area contributed by atoms with Crippen LogP contribution >= 0.6 is 0 Å². The molecule has 2 aliphatic heterocycles. The van der Waals surface area contributed by atoms with Crippen molar-refractivity contribution in [2.45, 2.75) is 142 Å². The molecule has 0 aromatic carbocycles. The molecule has 7 saturated carbocycles. The van der Waals surface area contributed by atoms with Gasteiger partial charge < -0.3 is 14.2 Å². The molecule has 9 rings (SSSR count). The number of hydrogen-bond donors (Lipinski definition) is 0. The fourth-order valence-electron chi connectivity index (χ4n) is 14.6. The molecular weight excluding hydrogens is 616 g/mol. The molecule has 17 unspecified atom stereocenters. The Balaban J connectivity index is 0.00000108. The highest BCUT2D eigenvalue weighted by Crippen LogP contribution is 2.72. The van der Waals surface area contributed by atoms with Gasteiger partial charge in [0.2, 0.25) is 0 Å². The van der Waals surface area contributed by atoms with Crippen LogP contribution in [0.5, 0.6) is 0 Å². The predicted molar refractivity (Wildman–Crippen MR) is 194 cm³/mol. The zero-order chi connectivity index (χ0) is 29.6. The zero-order valence-corrected chi connectivity index (χ0v) is 26.0. The van der Waals surface area contributed by atoms with Crippen molar-refractivity contribution in [1.82, 2.24) is 0 Å². The molecule has 2 heterocycles. The van der Waals surface area contributed by atoms with E-state index < -0.39 is 23.8 Å². The summed E-state index contributed by atoms with van der Waals surface area (Å²) in [5, 5.41) is 0. The van der Waals surface area contributed by atoms with Gasteiger partial charge in [-0.15, -0.1) is 0 Å². The van der Waals surface area contributed by atoms with Crippen LogP contribution < -0.4 is 0 Å². The second-order valence-corrected chi connectivity index (χ2v) is 16.9. The van der Waals surface area contributed by atoms with Gasteiger partial charge in [0.25, 0.3) is 0 Å². The third-order valence-electron chi connectivity index (χ3n) is 16.1. The highest BCUT2D eigenvalue weighted by atomic mass is 16.6. The van der Waals surface area contributed by atoms with Gasteiger partial charge in [-0.1, -0.05) is 71.8 Å². The van der Waals surface area contributed by atoms with E-state index in [9.17, 15) is 19.2 Å². The van der Waals surface area contributed by atoms with E-state index in [4.69, 9.17) is 14.2 Å². The van der Waals surface area contributed by atoms with Crippen LogP contribution in [0.1, 0.15) is 136 Å². The third kappa shape index (κ3) is 5.21. The summed E-state index contributed by atoms with van der Waals surface area (Å²) >= 11 is 0. The molecule has 0 radical (unpaired) electrons. The number of carbonyl (C=O) groups excluding carboxylic acids is 4. The normalized spacial score (nSPS) is 50.3. The van der Waals surface area contributed by atoms with Crippen molar-refractivity contribution in [3.8, 4) is 0 Å². The summed E-state index contributed by atoms with van der Waals surface area (Å²) in [4.78, 5) is 53.6. The number of fused-ring (bicyclic) bond motifs is 10.